The molecule has 1 heterocycles. The highest BCUT2D eigenvalue weighted by Gasteiger charge is 2.31. The van der Waals surface area contributed by atoms with E-state index in [9.17, 15) is 22.8 Å². The van der Waals surface area contributed by atoms with Gasteiger partial charge in [0.2, 0.25) is 11.8 Å². The van der Waals surface area contributed by atoms with E-state index in [0.29, 0.717) is 18.5 Å². The second-order valence-corrected chi connectivity index (χ2v) is 6.72. The Hall–Kier alpha value is -2.05. The maximum absolute atomic E-state index is 12.6. The Labute approximate surface area is 138 Å². The molecular formula is C17H21F3N2O2. The monoisotopic (exact) mass is 342 g/mol. The number of benzene rings is 1. The van der Waals surface area contributed by atoms with Crippen LogP contribution in [-0.2, 0) is 21.2 Å². The van der Waals surface area contributed by atoms with Crippen LogP contribution in [0.15, 0.2) is 24.3 Å². The molecule has 1 fully saturated rings. The smallest absolute Gasteiger partial charge is 0.356 e. The molecule has 1 aliphatic heterocycles. The molecule has 0 aliphatic carbocycles. The highest BCUT2D eigenvalue weighted by atomic mass is 19.4. The minimum absolute atomic E-state index is 0.136. The lowest BCUT2D eigenvalue weighted by Crippen LogP contribution is -2.44. The van der Waals surface area contributed by atoms with Gasteiger partial charge < -0.3 is 10.6 Å². The maximum Gasteiger partial charge on any atom is 0.416 e. The lowest BCUT2D eigenvalue weighted by Gasteiger charge is -2.28. The summed E-state index contributed by atoms with van der Waals surface area (Å²) >= 11 is 0. The van der Waals surface area contributed by atoms with Gasteiger partial charge in [0, 0.05) is 30.8 Å². The second-order valence-electron chi connectivity index (χ2n) is 6.72. The maximum atomic E-state index is 12.6. The van der Waals surface area contributed by atoms with E-state index in [-0.39, 0.29) is 30.7 Å². The van der Waals surface area contributed by atoms with E-state index >= 15 is 0 Å². The topological polar surface area (TPSA) is 58.2 Å². The molecule has 24 heavy (non-hydrogen) atoms. The summed E-state index contributed by atoms with van der Waals surface area (Å²) < 4.78 is 37.9. The van der Waals surface area contributed by atoms with Crippen LogP contribution < -0.4 is 10.6 Å². The van der Waals surface area contributed by atoms with Crippen LogP contribution in [0.3, 0.4) is 0 Å². The number of carbonyl (C=O) groups is 2. The van der Waals surface area contributed by atoms with Gasteiger partial charge in [0.1, 0.15) is 0 Å². The van der Waals surface area contributed by atoms with Gasteiger partial charge in [-0.2, -0.15) is 13.2 Å². The number of nitrogens with one attached hydrogen (secondary N) is 2. The number of piperidine rings is 1. The van der Waals surface area contributed by atoms with Crippen LogP contribution >= 0.6 is 0 Å². The Morgan fingerprint density at radius 3 is 2.33 bits per heavy atom. The van der Waals surface area contributed by atoms with Crippen molar-refractivity contribution in [1.29, 1.82) is 0 Å². The first-order valence-corrected chi connectivity index (χ1v) is 7.82. The van der Waals surface area contributed by atoms with Crippen LogP contribution in [0.5, 0.6) is 0 Å². The van der Waals surface area contributed by atoms with E-state index in [1.54, 1.807) is 0 Å². The van der Waals surface area contributed by atoms with Crippen molar-refractivity contribution in [3.8, 4) is 0 Å². The van der Waals surface area contributed by atoms with Gasteiger partial charge in [0.25, 0.3) is 0 Å². The third-order valence-electron chi connectivity index (χ3n) is 4.32. The average Bonchev–Trinajstić information content (AvgIpc) is 2.52. The lowest BCUT2D eigenvalue weighted by molar-refractivity contribution is -0.137. The third-order valence-corrected chi connectivity index (χ3v) is 4.32. The Morgan fingerprint density at radius 2 is 1.79 bits per heavy atom. The van der Waals surface area contributed by atoms with Crippen molar-refractivity contribution < 1.29 is 22.8 Å². The van der Waals surface area contributed by atoms with Gasteiger partial charge in [-0.25, -0.2) is 0 Å². The number of hydrogen-bond acceptors (Lipinski definition) is 2. The molecule has 0 spiro atoms. The highest BCUT2D eigenvalue weighted by Crippen LogP contribution is 2.31. The molecule has 0 saturated carbocycles. The molecule has 2 amide bonds. The third kappa shape index (κ3) is 4.49. The molecule has 0 radical (unpaired) electrons. The first-order chi connectivity index (χ1) is 11.1. The van der Waals surface area contributed by atoms with Gasteiger partial charge >= 0.3 is 6.18 Å². The SMILES string of the molecule is CC(C)(CNC(=O)[C@@H]1CCNC(=O)C1)c1ccc(C(F)(F)F)cc1. The van der Waals surface area contributed by atoms with Gasteiger partial charge in [-0.1, -0.05) is 26.0 Å². The first kappa shape index (κ1) is 18.3. The van der Waals surface area contributed by atoms with Crippen molar-refractivity contribution in [1.82, 2.24) is 10.6 Å². The summed E-state index contributed by atoms with van der Waals surface area (Å²) in [5.41, 5.74) is -0.507. The Balaban J connectivity index is 1.97. The van der Waals surface area contributed by atoms with Crippen LogP contribution in [0.2, 0.25) is 0 Å². The zero-order valence-corrected chi connectivity index (χ0v) is 13.7. The molecule has 1 aromatic carbocycles. The molecule has 0 aromatic heterocycles. The summed E-state index contributed by atoms with van der Waals surface area (Å²) in [5, 5.41) is 5.49. The van der Waals surface area contributed by atoms with E-state index in [1.807, 2.05) is 13.8 Å². The van der Waals surface area contributed by atoms with Crippen molar-refractivity contribution >= 4 is 11.8 Å². The van der Waals surface area contributed by atoms with Crippen molar-refractivity contribution in [2.24, 2.45) is 5.92 Å². The summed E-state index contributed by atoms with van der Waals surface area (Å²) in [5.74, 6) is -0.671. The molecule has 2 rings (SSSR count). The van der Waals surface area contributed by atoms with Gasteiger partial charge in [0.15, 0.2) is 0 Å². The summed E-state index contributed by atoms with van der Waals surface area (Å²) in [6.45, 7) is 4.47. The molecule has 1 aliphatic rings. The van der Waals surface area contributed by atoms with Gasteiger partial charge in [-0.15, -0.1) is 0 Å². The summed E-state index contributed by atoms with van der Waals surface area (Å²) in [6, 6.07) is 4.96. The zero-order chi connectivity index (χ0) is 18.0. The minimum Gasteiger partial charge on any atom is -0.356 e. The van der Waals surface area contributed by atoms with Crippen LogP contribution in [0.1, 0.15) is 37.8 Å². The average molecular weight is 342 g/mol. The summed E-state index contributed by atoms with van der Waals surface area (Å²) in [7, 11) is 0. The van der Waals surface area contributed by atoms with Gasteiger partial charge in [-0.3, -0.25) is 9.59 Å². The predicted octanol–water partition coefficient (Wildman–Crippen LogP) is 2.63. The largest absolute Gasteiger partial charge is 0.416 e. The molecule has 4 nitrogen and oxygen atoms in total. The molecule has 7 heteroatoms. The number of alkyl halides is 3. The van der Waals surface area contributed by atoms with Crippen molar-refractivity contribution in [2.45, 2.75) is 38.3 Å². The summed E-state index contributed by atoms with van der Waals surface area (Å²) in [4.78, 5) is 23.5. The Morgan fingerprint density at radius 1 is 1.21 bits per heavy atom. The normalized spacial score (nSPS) is 18.9. The molecular weight excluding hydrogens is 321 g/mol. The number of halogens is 3. The summed E-state index contributed by atoms with van der Waals surface area (Å²) in [6.07, 6.45) is -3.59. The van der Waals surface area contributed by atoms with E-state index in [4.69, 9.17) is 0 Å². The van der Waals surface area contributed by atoms with Crippen LogP contribution in [0.4, 0.5) is 13.2 Å². The quantitative estimate of drug-likeness (QED) is 0.884. The standard InChI is InChI=1S/C17H21F3N2O2/c1-16(2,12-3-5-13(6-4-12)17(18,19)20)10-22-15(24)11-7-8-21-14(23)9-11/h3-6,11H,7-10H2,1-2H3,(H,21,23)(H,22,24)/t11-/m1/s1. The fraction of sp³-hybridized carbons (Fsp3) is 0.529. The molecule has 1 aromatic rings. The second kappa shape index (κ2) is 6.83. The predicted molar refractivity (Wildman–Crippen MR) is 83.2 cm³/mol. The minimum atomic E-state index is -4.36. The Kier molecular flexibility index (Phi) is 5.20. The first-order valence-electron chi connectivity index (χ1n) is 7.82. The van der Waals surface area contributed by atoms with Crippen molar-refractivity contribution in [3.05, 3.63) is 35.4 Å². The van der Waals surface area contributed by atoms with Gasteiger partial charge in [0.05, 0.1) is 5.56 Å². The van der Waals surface area contributed by atoms with E-state index in [1.165, 1.54) is 12.1 Å². The number of rotatable bonds is 4. The molecule has 1 atom stereocenters. The molecule has 0 bridgehead atoms. The zero-order valence-electron chi connectivity index (χ0n) is 13.7. The lowest BCUT2D eigenvalue weighted by atomic mass is 9.84. The molecule has 132 valence electrons. The number of amides is 2. The van der Waals surface area contributed by atoms with Crippen LogP contribution in [0.25, 0.3) is 0 Å². The number of hydrogen-bond donors (Lipinski definition) is 2. The van der Waals surface area contributed by atoms with E-state index < -0.39 is 17.2 Å². The van der Waals surface area contributed by atoms with E-state index in [0.717, 1.165) is 12.1 Å². The van der Waals surface area contributed by atoms with Gasteiger partial charge in [-0.05, 0) is 24.1 Å². The fourth-order valence-corrected chi connectivity index (χ4v) is 2.67. The van der Waals surface area contributed by atoms with E-state index in [2.05, 4.69) is 10.6 Å². The molecule has 1 saturated heterocycles. The molecule has 2 N–H and O–H groups in total. The van der Waals surface area contributed by atoms with Crippen molar-refractivity contribution in [3.63, 3.8) is 0 Å². The molecule has 0 unspecified atom stereocenters. The van der Waals surface area contributed by atoms with Crippen LogP contribution in [-0.4, -0.2) is 24.9 Å². The number of carbonyl (C=O) groups excluding carboxylic acids is 2. The fourth-order valence-electron chi connectivity index (χ4n) is 2.67. The highest BCUT2D eigenvalue weighted by molar-refractivity contribution is 5.86. The Bertz CT molecular complexity index is 609. The van der Waals surface area contributed by atoms with Crippen molar-refractivity contribution in [2.75, 3.05) is 13.1 Å². The van der Waals surface area contributed by atoms with Crippen LogP contribution in [0, 0.1) is 5.92 Å².